The minimum absolute atomic E-state index is 0.409. The molecule has 0 fully saturated rings. The van der Waals surface area contributed by atoms with E-state index in [1.807, 2.05) is 19.9 Å². The Morgan fingerprint density at radius 2 is 2.07 bits per heavy atom. The molecule has 0 aliphatic carbocycles. The lowest BCUT2D eigenvalue weighted by atomic mass is 9.94. The first-order valence-corrected chi connectivity index (χ1v) is 5.15. The number of benzene rings is 1. The van der Waals surface area contributed by atoms with Crippen molar-refractivity contribution in [2.24, 2.45) is 0 Å². The first-order valence-electron chi connectivity index (χ1n) is 5.15. The van der Waals surface area contributed by atoms with E-state index in [1.54, 1.807) is 12.1 Å². The molecule has 0 atom stereocenters. The van der Waals surface area contributed by atoms with Gasteiger partial charge in [0.15, 0.2) is 0 Å². The predicted molar refractivity (Wildman–Crippen MR) is 62.2 cm³/mol. The first-order chi connectivity index (χ1) is 7.13. The molecule has 0 heterocycles. The molecule has 80 valence electrons. The molecule has 0 aliphatic rings. The number of hydrogen-bond acceptors (Lipinski definition) is 1. The van der Waals surface area contributed by atoms with E-state index in [-0.39, 0.29) is 0 Å². The number of rotatable bonds is 4. The van der Waals surface area contributed by atoms with Gasteiger partial charge < -0.3 is 5.11 Å². The van der Waals surface area contributed by atoms with Gasteiger partial charge in [0.1, 0.15) is 0 Å². The van der Waals surface area contributed by atoms with Gasteiger partial charge in [-0.3, -0.25) is 0 Å². The van der Waals surface area contributed by atoms with E-state index in [0.29, 0.717) is 5.56 Å². The normalized spacial score (nSPS) is 10.0. The molecular formula is C13H16O2. The molecule has 0 amide bonds. The maximum absolute atomic E-state index is 11.1. The second kappa shape index (κ2) is 4.78. The van der Waals surface area contributed by atoms with Crippen molar-refractivity contribution in [1.82, 2.24) is 0 Å². The van der Waals surface area contributed by atoms with Crippen LogP contribution in [0.1, 0.15) is 40.9 Å². The third-order valence-electron chi connectivity index (χ3n) is 2.57. The lowest BCUT2D eigenvalue weighted by Gasteiger charge is -2.11. The Hall–Kier alpha value is -1.57. The molecule has 0 aromatic heterocycles. The molecule has 15 heavy (non-hydrogen) atoms. The highest BCUT2D eigenvalue weighted by molar-refractivity contribution is 5.90. The Labute approximate surface area is 90.3 Å². The zero-order valence-electron chi connectivity index (χ0n) is 9.21. The van der Waals surface area contributed by atoms with E-state index in [2.05, 4.69) is 6.58 Å². The lowest BCUT2D eigenvalue weighted by molar-refractivity contribution is 0.0695. The largest absolute Gasteiger partial charge is 0.478 e. The molecular weight excluding hydrogens is 188 g/mol. The van der Waals surface area contributed by atoms with Crippen LogP contribution < -0.4 is 0 Å². The molecule has 0 saturated carbocycles. The van der Waals surface area contributed by atoms with Crippen LogP contribution in [0.4, 0.5) is 0 Å². The summed E-state index contributed by atoms with van der Waals surface area (Å²) in [6, 6.07) is 3.70. The molecule has 0 radical (unpaired) electrons. The molecule has 2 heteroatoms. The van der Waals surface area contributed by atoms with Gasteiger partial charge in [0, 0.05) is 0 Å². The molecule has 1 aromatic rings. The van der Waals surface area contributed by atoms with Gasteiger partial charge in [-0.15, -0.1) is 0 Å². The van der Waals surface area contributed by atoms with Crippen molar-refractivity contribution in [2.45, 2.75) is 26.7 Å². The van der Waals surface area contributed by atoms with Gasteiger partial charge in [-0.05, 0) is 35.6 Å². The molecule has 0 aliphatic heterocycles. The summed E-state index contributed by atoms with van der Waals surface area (Å²) in [7, 11) is 0. The molecule has 0 bridgehead atoms. The molecule has 0 saturated heterocycles. The number of carboxylic acids is 1. The second-order valence-electron chi connectivity index (χ2n) is 3.42. The Morgan fingerprint density at radius 3 is 2.47 bits per heavy atom. The van der Waals surface area contributed by atoms with Gasteiger partial charge >= 0.3 is 5.97 Å². The number of aryl methyl sites for hydroxylation is 1. The number of hydrogen-bond donors (Lipinski definition) is 1. The number of aromatic carboxylic acids is 1. The van der Waals surface area contributed by atoms with Crippen LogP contribution in [0.3, 0.4) is 0 Å². The van der Waals surface area contributed by atoms with Crippen molar-refractivity contribution in [1.29, 1.82) is 0 Å². The third-order valence-corrected chi connectivity index (χ3v) is 2.57. The quantitative estimate of drug-likeness (QED) is 0.818. The van der Waals surface area contributed by atoms with Gasteiger partial charge in [0.05, 0.1) is 5.56 Å². The van der Waals surface area contributed by atoms with Crippen LogP contribution in [-0.2, 0) is 12.8 Å². The van der Waals surface area contributed by atoms with E-state index >= 15 is 0 Å². The van der Waals surface area contributed by atoms with Crippen molar-refractivity contribution in [2.75, 3.05) is 0 Å². The molecule has 0 spiro atoms. The van der Waals surface area contributed by atoms with Gasteiger partial charge in [-0.25, -0.2) is 4.79 Å². The summed E-state index contributed by atoms with van der Waals surface area (Å²) in [5.74, 6) is -0.856. The summed E-state index contributed by atoms with van der Waals surface area (Å²) in [6.07, 6.45) is 3.29. The molecule has 2 nitrogen and oxygen atoms in total. The minimum atomic E-state index is -0.856. The fraction of sp³-hybridized carbons (Fsp3) is 0.308. The van der Waals surface area contributed by atoms with Crippen molar-refractivity contribution >= 4 is 12.0 Å². The van der Waals surface area contributed by atoms with Crippen LogP contribution in [0, 0.1) is 0 Å². The molecule has 0 unspecified atom stereocenters. The highest BCUT2D eigenvalue weighted by Gasteiger charge is 2.12. The SMILES string of the molecule is C=Cc1cc(CC)c(CC)c(C(=O)O)c1. The Kier molecular flexibility index (Phi) is 3.67. The number of carboxylic acid groups (broad SMARTS) is 1. The third kappa shape index (κ3) is 2.27. The van der Waals surface area contributed by atoms with E-state index in [4.69, 9.17) is 5.11 Å². The highest BCUT2D eigenvalue weighted by atomic mass is 16.4. The van der Waals surface area contributed by atoms with Crippen molar-refractivity contribution in [3.8, 4) is 0 Å². The minimum Gasteiger partial charge on any atom is -0.478 e. The maximum atomic E-state index is 11.1. The molecule has 1 aromatic carbocycles. The number of carbonyl (C=O) groups is 1. The van der Waals surface area contributed by atoms with Crippen molar-refractivity contribution in [3.63, 3.8) is 0 Å². The van der Waals surface area contributed by atoms with E-state index in [1.165, 1.54) is 0 Å². The topological polar surface area (TPSA) is 37.3 Å². The van der Waals surface area contributed by atoms with E-state index in [9.17, 15) is 4.79 Å². The van der Waals surface area contributed by atoms with E-state index in [0.717, 1.165) is 29.5 Å². The Balaban J connectivity index is 3.45. The Bertz CT molecular complexity index is 392. The van der Waals surface area contributed by atoms with Gasteiger partial charge in [-0.1, -0.05) is 32.6 Å². The Morgan fingerprint density at radius 1 is 1.40 bits per heavy atom. The van der Waals surface area contributed by atoms with Crippen LogP contribution in [0.2, 0.25) is 0 Å². The summed E-state index contributed by atoms with van der Waals surface area (Å²) in [5.41, 5.74) is 3.33. The van der Waals surface area contributed by atoms with Crippen LogP contribution in [0.25, 0.3) is 6.08 Å². The molecule has 1 rings (SSSR count). The zero-order chi connectivity index (χ0) is 11.4. The second-order valence-corrected chi connectivity index (χ2v) is 3.42. The smallest absolute Gasteiger partial charge is 0.335 e. The van der Waals surface area contributed by atoms with Crippen molar-refractivity contribution < 1.29 is 9.90 Å². The van der Waals surface area contributed by atoms with Crippen LogP contribution >= 0.6 is 0 Å². The monoisotopic (exact) mass is 204 g/mol. The summed E-state index contributed by atoms with van der Waals surface area (Å²) in [4.78, 5) is 11.1. The highest BCUT2D eigenvalue weighted by Crippen LogP contribution is 2.20. The first kappa shape index (κ1) is 11.5. The van der Waals surface area contributed by atoms with Gasteiger partial charge in [0.25, 0.3) is 0 Å². The summed E-state index contributed by atoms with van der Waals surface area (Å²) in [6.45, 7) is 7.68. The summed E-state index contributed by atoms with van der Waals surface area (Å²) < 4.78 is 0. The van der Waals surface area contributed by atoms with Crippen LogP contribution in [-0.4, -0.2) is 11.1 Å². The zero-order valence-corrected chi connectivity index (χ0v) is 9.21. The van der Waals surface area contributed by atoms with Gasteiger partial charge in [-0.2, -0.15) is 0 Å². The average Bonchev–Trinajstić information content (AvgIpc) is 2.26. The predicted octanol–water partition coefficient (Wildman–Crippen LogP) is 3.15. The fourth-order valence-corrected chi connectivity index (χ4v) is 1.80. The van der Waals surface area contributed by atoms with Crippen LogP contribution in [0.5, 0.6) is 0 Å². The van der Waals surface area contributed by atoms with Crippen LogP contribution in [0.15, 0.2) is 18.7 Å². The fourth-order valence-electron chi connectivity index (χ4n) is 1.80. The molecule has 1 N–H and O–H groups in total. The lowest BCUT2D eigenvalue weighted by Crippen LogP contribution is -2.05. The maximum Gasteiger partial charge on any atom is 0.335 e. The summed E-state index contributed by atoms with van der Waals surface area (Å²) in [5, 5.41) is 9.10. The average molecular weight is 204 g/mol. The van der Waals surface area contributed by atoms with Gasteiger partial charge in [0.2, 0.25) is 0 Å². The standard InChI is InChI=1S/C13H16O2/c1-4-9-7-10(5-2)11(6-3)12(8-9)13(14)15/h4,7-8H,1,5-6H2,2-3H3,(H,14,15). The van der Waals surface area contributed by atoms with E-state index < -0.39 is 5.97 Å². The summed E-state index contributed by atoms with van der Waals surface area (Å²) >= 11 is 0. The van der Waals surface area contributed by atoms with Crippen molar-refractivity contribution in [3.05, 3.63) is 41.0 Å².